The summed E-state index contributed by atoms with van der Waals surface area (Å²) in [5.74, 6) is 0.648. The van der Waals surface area contributed by atoms with Crippen LogP contribution in [0.25, 0.3) is 0 Å². The number of nitrogens with one attached hydrogen (secondary N) is 1. The van der Waals surface area contributed by atoms with Gasteiger partial charge >= 0.3 is 0 Å². The normalized spacial score (nSPS) is 15.0. The Balaban J connectivity index is 1.45. The van der Waals surface area contributed by atoms with Crippen LogP contribution >= 0.6 is 11.8 Å². The van der Waals surface area contributed by atoms with Gasteiger partial charge in [-0.05, 0) is 48.1 Å². The van der Waals surface area contributed by atoms with Crippen molar-refractivity contribution in [2.75, 3.05) is 38.2 Å². The second-order valence-electron chi connectivity index (χ2n) is 9.21. The van der Waals surface area contributed by atoms with Crippen LogP contribution in [-0.4, -0.2) is 65.8 Å². The third-order valence-corrected chi connectivity index (χ3v) is 7.47. The highest BCUT2D eigenvalue weighted by Gasteiger charge is 2.31. The average molecular weight is 502 g/mol. The number of benzene rings is 3. The minimum absolute atomic E-state index is 0.0154. The van der Waals surface area contributed by atoms with E-state index in [1.165, 1.54) is 11.1 Å². The Morgan fingerprint density at radius 1 is 0.833 bits per heavy atom. The molecule has 1 aliphatic heterocycles. The van der Waals surface area contributed by atoms with Crippen LogP contribution in [-0.2, 0) is 4.79 Å². The van der Waals surface area contributed by atoms with Gasteiger partial charge in [-0.3, -0.25) is 14.5 Å². The first-order valence-corrected chi connectivity index (χ1v) is 14.0. The van der Waals surface area contributed by atoms with Crippen molar-refractivity contribution >= 4 is 23.6 Å². The lowest BCUT2D eigenvalue weighted by Gasteiger charge is -2.40. The molecule has 1 saturated heterocycles. The van der Waals surface area contributed by atoms with E-state index in [2.05, 4.69) is 58.7 Å². The second-order valence-corrected chi connectivity index (χ2v) is 10.2. The largest absolute Gasteiger partial charge is 0.340 e. The molecule has 2 amide bonds. The van der Waals surface area contributed by atoms with E-state index in [0.29, 0.717) is 25.1 Å². The molecule has 0 aromatic heterocycles. The van der Waals surface area contributed by atoms with E-state index in [4.69, 9.17) is 0 Å². The summed E-state index contributed by atoms with van der Waals surface area (Å²) in [6, 6.07) is 28.3. The maximum atomic E-state index is 13.6. The van der Waals surface area contributed by atoms with E-state index in [9.17, 15) is 9.59 Å². The number of aryl methyl sites for hydroxylation is 1. The zero-order valence-corrected chi connectivity index (χ0v) is 21.9. The fourth-order valence-electron chi connectivity index (χ4n) is 4.86. The number of hydrogen-bond acceptors (Lipinski definition) is 4. The SMILES string of the molecule is CSCC[C@@H](NC(=O)c1ccccc1C)C(=O)N1CCN(C(c2ccccc2)c2ccccc2)CC1. The van der Waals surface area contributed by atoms with Gasteiger partial charge in [0.25, 0.3) is 5.91 Å². The van der Waals surface area contributed by atoms with Crippen LogP contribution < -0.4 is 5.32 Å². The quantitative estimate of drug-likeness (QED) is 0.459. The van der Waals surface area contributed by atoms with Crippen molar-refractivity contribution in [2.24, 2.45) is 0 Å². The Bertz CT molecular complexity index is 1090. The maximum absolute atomic E-state index is 13.6. The van der Waals surface area contributed by atoms with Crippen molar-refractivity contribution in [2.45, 2.75) is 25.4 Å². The molecule has 1 fully saturated rings. The Labute approximate surface area is 218 Å². The van der Waals surface area contributed by atoms with Gasteiger partial charge in [-0.1, -0.05) is 78.9 Å². The second kappa shape index (κ2) is 12.7. The Kier molecular flexibility index (Phi) is 9.20. The van der Waals surface area contributed by atoms with Crippen LogP contribution in [0.1, 0.15) is 39.5 Å². The molecule has 0 bridgehead atoms. The fraction of sp³-hybridized carbons (Fsp3) is 0.333. The molecule has 5 nitrogen and oxygen atoms in total. The Morgan fingerprint density at radius 3 is 1.94 bits per heavy atom. The minimum Gasteiger partial charge on any atom is -0.340 e. The van der Waals surface area contributed by atoms with E-state index in [-0.39, 0.29) is 17.9 Å². The van der Waals surface area contributed by atoms with Gasteiger partial charge in [0, 0.05) is 31.7 Å². The van der Waals surface area contributed by atoms with Gasteiger partial charge in [0.2, 0.25) is 5.91 Å². The number of carbonyl (C=O) groups excluding carboxylic acids is 2. The van der Waals surface area contributed by atoms with Crippen LogP contribution in [0, 0.1) is 6.92 Å². The van der Waals surface area contributed by atoms with E-state index in [1.54, 1.807) is 11.8 Å². The van der Waals surface area contributed by atoms with Gasteiger partial charge in [0.05, 0.1) is 6.04 Å². The van der Waals surface area contributed by atoms with Crippen molar-refractivity contribution < 1.29 is 9.59 Å². The smallest absolute Gasteiger partial charge is 0.252 e. The van der Waals surface area contributed by atoms with Crippen molar-refractivity contribution in [3.05, 3.63) is 107 Å². The van der Waals surface area contributed by atoms with Gasteiger partial charge in [-0.2, -0.15) is 11.8 Å². The summed E-state index contributed by atoms with van der Waals surface area (Å²) in [6.07, 6.45) is 2.64. The zero-order valence-electron chi connectivity index (χ0n) is 21.1. The number of thioether (sulfide) groups is 1. The van der Waals surface area contributed by atoms with Gasteiger partial charge in [-0.15, -0.1) is 0 Å². The third-order valence-electron chi connectivity index (χ3n) is 6.83. The van der Waals surface area contributed by atoms with Crippen LogP contribution in [0.5, 0.6) is 0 Å². The maximum Gasteiger partial charge on any atom is 0.252 e. The van der Waals surface area contributed by atoms with Crippen molar-refractivity contribution in [3.8, 4) is 0 Å². The average Bonchev–Trinajstić information content (AvgIpc) is 2.92. The van der Waals surface area contributed by atoms with Crippen molar-refractivity contribution in [1.29, 1.82) is 0 Å². The molecule has 0 radical (unpaired) electrons. The molecule has 1 aliphatic rings. The van der Waals surface area contributed by atoms with E-state index in [0.717, 1.165) is 24.4 Å². The van der Waals surface area contributed by atoms with Gasteiger partial charge < -0.3 is 10.2 Å². The third kappa shape index (κ3) is 6.37. The topological polar surface area (TPSA) is 52.7 Å². The molecule has 1 N–H and O–H groups in total. The number of nitrogens with zero attached hydrogens (tertiary/aromatic N) is 2. The zero-order chi connectivity index (χ0) is 25.3. The number of rotatable bonds is 9. The van der Waals surface area contributed by atoms with Gasteiger partial charge in [0.15, 0.2) is 0 Å². The number of amides is 2. The molecule has 3 aromatic carbocycles. The van der Waals surface area contributed by atoms with Crippen molar-refractivity contribution in [3.63, 3.8) is 0 Å². The summed E-state index contributed by atoms with van der Waals surface area (Å²) < 4.78 is 0. The monoisotopic (exact) mass is 501 g/mol. The van der Waals surface area contributed by atoms with Crippen LogP contribution in [0.4, 0.5) is 0 Å². The summed E-state index contributed by atoms with van der Waals surface area (Å²) in [5.41, 5.74) is 4.05. The standard InChI is InChI=1S/C30H35N3O2S/c1-23-11-9-10-16-26(23)29(34)31-27(17-22-36-2)30(35)33-20-18-32(19-21-33)28(24-12-5-3-6-13-24)25-14-7-4-8-15-25/h3-16,27-28H,17-22H2,1-2H3,(H,31,34)/t27-/m1/s1. The molecule has 1 atom stereocenters. The molecule has 6 heteroatoms. The molecule has 0 spiro atoms. The van der Waals surface area contributed by atoms with Gasteiger partial charge in [-0.25, -0.2) is 0 Å². The summed E-state index contributed by atoms with van der Waals surface area (Å²) in [6.45, 7) is 4.77. The van der Waals surface area contributed by atoms with E-state index >= 15 is 0 Å². The molecule has 4 rings (SSSR count). The highest BCUT2D eigenvalue weighted by atomic mass is 32.2. The minimum atomic E-state index is -0.518. The molecule has 1 heterocycles. The Morgan fingerprint density at radius 2 is 1.39 bits per heavy atom. The lowest BCUT2D eigenvalue weighted by atomic mass is 9.96. The van der Waals surface area contributed by atoms with E-state index in [1.807, 2.05) is 54.5 Å². The molecule has 3 aromatic rings. The van der Waals surface area contributed by atoms with Crippen LogP contribution in [0.2, 0.25) is 0 Å². The Hall–Kier alpha value is -3.09. The van der Waals surface area contributed by atoms with Crippen LogP contribution in [0.15, 0.2) is 84.9 Å². The van der Waals surface area contributed by atoms with E-state index < -0.39 is 6.04 Å². The first kappa shape index (κ1) is 26.0. The molecule has 188 valence electrons. The highest BCUT2D eigenvalue weighted by Crippen LogP contribution is 2.29. The molecular formula is C30H35N3O2S. The molecule has 0 saturated carbocycles. The van der Waals surface area contributed by atoms with Crippen molar-refractivity contribution in [1.82, 2.24) is 15.1 Å². The first-order valence-electron chi connectivity index (χ1n) is 12.6. The predicted molar refractivity (Wildman–Crippen MR) is 148 cm³/mol. The lowest BCUT2D eigenvalue weighted by Crippen LogP contribution is -2.55. The highest BCUT2D eigenvalue weighted by molar-refractivity contribution is 7.98. The molecule has 0 unspecified atom stereocenters. The van der Waals surface area contributed by atoms with Gasteiger partial charge in [0.1, 0.15) is 6.04 Å². The molecular weight excluding hydrogens is 466 g/mol. The first-order chi connectivity index (χ1) is 17.6. The molecule has 36 heavy (non-hydrogen) atoms. The lowest BCUT2D eigenvalue weighted by molar-refractivity contribution is -0.135. The summed E-state index contributed by atoms with van der Waals surface area (Å²) in [7, 11) is 0. The summed E-state index contributed by atoms with van der Waals surface area (Å²) >= 11 is 1.69. The summed E-state index contributed by atoms with van der Waals surface area (Å²) in [4.78, 5) is 30.9. The fourth-order valence-corrected chi connectivity index (χ4v) is 5.33. The van der Waals surface area contributed by atoms with Crippen LogP contribution in [0.3, 0.4) is 0 Å². The number of piperazine rings is 1. The number of hydrogen-bond donors (Lipinski definition) is 1. The number of carbonyl (C=O) groups is 2. The predicted octanol–water partition coefficient (Wildman–Crippen LogP) is 4.78. The molecule has 0 aliphatic carbocycles. The summed E-state index contributed by atoms with van der Waals surface area (Å²) in [5, 5.41) is 3.03.